The Hall–Kier alpha value is -2.29. The van der Waals surface area contributed by atoms with E-state index in [9.17, 15) is 13.2 Å². The summed E-state index contributed by atoms with van der Waals surface area (Å²) in [6.45, 7) is 1.86. The van der Waals surface area contributed by atoms with Crippen molar-refractivity contribution in [2.75, 3.05) is 11.5 Å². The van der Waals surface area contributed by atoms with E-state index >= 15 is 0 Å². The third-order valence-corrected chi connectivity index (χ3v) is 5.49. The van der Waals surface area contributed by atoms with Gasteiger partial charge in [-0.15, -0.1) is 10.2 Å². The van der Waals surface area contributed by atoms with Crippen LogP contribution < -0.4 is 5.32 Å². The lowest BCUT2D eigenvalue weighted by Crippen LogP contribution is -2.38. The summed E-state index contributed by atoms with van der Waals surface area (Å²) in [4.78, 5) is 13.2. The van der Waals surface area contributed by atoms with E-state index in [4.69, 9.17) is 0 Å². The zero-order valence-electron chi connectivity index (χ0n) is 12.6. The van der Waals surface area contributed by atoms with Crippen LogP contribution in [-0.2, 0) is 21.2 Å². The molecule has 23 heavy (non-hydrogen) atoms. The number of carbonyl (C=O) groups excluding carboxylic acids is 1. The first-order chi connectivity index (χ1) is 10.9. The lowest BCUT2D eigenvalue weighted by molar-refractivity contribution is -0.122. The van der Waals surface area contributed by atoms with Gasteiger partial charge in [0.2, 0.25) is 11.7 Å². The van der Waals surface area contributed by atoms with E-state index in [1.807, 2.05) is 31.2 Å². The van der Waals surface area contributed by atoms with Crippen molar-refractivity contribution in [2.45, 2.75) is 25.9 Å². The minimum atomic E-state index is -3.02. The molecule has 0 spiro atoms. The maximum atomic E-state index is 12.0. The van der Waals surface area contributed by atoms with Crippen LogP contribution in [0.2, 0.25) is 0 Å². The summed E-state index contributed by atoms with van der Waals surface area (Å²) in [5.41, 5.74) is 1.88. The summed E-state index contributed by atoms with van der Waals surface area (Å²) < 4.78 is 22.8. The molecule has 1 amide bonds. The second kappa shape index (κ2) is 6.07. The van der Waals surface area contributed by atoms with Gasteiger partial charge in [0.25, 0.3) is 0 Å². The Labute approximate surface area is 133 Å². The molecule has 8 nitrogen and oxygen atoms in total. The zero-order chi connectivity index (χ0) is 16.4. The Kier molecular flexibility index (Phi) is 4.12. The van der Waals surface area contributed by atoms with Gasteiger partial charge < -0.3 is 5.32 Å². The van der Waals surface area contributed by atoms with Crippen LogP contribution in [0.3, 0.4) is 0 Å². The van der Waals surface area contributed by atoms with Gasteiger partial charge in [0, 0.05) is 11.6 Å². The number of nitrogens with zero attached hydrogens (tertiary/aromatic N) is 4. The number of sulfone groups is 1. The van der Waals surface area contributed by atoms with Gasteiger partial charge in [-0.1, -0.05) is 24.3 Å². The first kappa shape index (κ1) is 15.6. The summed E-state index contributed by atoms with van der Waals surface area (Å²) in [6, 6.07) is 7.32. The number of benzene rings is 1. The average molecular weight is 335 g/mol. The Morgan fingerprint density at radius 3 is 2.87 bits per heavy atom. The van der Waals surface area contributed by atoms with Crippen LogP contribution in [0.1, 0.15) is 12.0 Å². The molecule has 0 saturated carbocycles. The summed E-state index contributed by atoms with van der Waals surface area (Å²) in [6.07, 6.45) is 0.452. The van der Waals surface area contributed by atoms with E-state index in [-0.39, 0.29) is 30.0 Å². The molecular formula is C14H17N5O3S. The van der Waals surface area contributed by atoms with Crippen molar-refractivity contribution in [1.29, 1.82) is 0 Å². The van der Waals surface area contributed by atoms with E-state index < -0.39 is 9.84 Å². The number of rotatable bonds is 4. The van der Waals surface area contributed by atoms with Gasteiger partial charge in [-0.25, -0.2) is 8.42 Å². The predicted molar refractivity (Wildman–Crippen MR) is 83.2 cm³/mol. The lowest BCUT2D eigenvalue weighted by Gasteiger charge is -2.09. The minimum Gasteiger partial charge on any atom is -0.351 e. The molecule has 2 aromatic rings. The predicted octanol–water partition coefficient (Wildman–Crippen LogP) is -0.0482. The smallest absolute Gasteiger partial charge is 0.243 e. The molecule has 0 radical (unpaired) electrons. The zero-order valence-corrected chi connectivity index (χ0v) is 13.5. The highest BCUT2D eigenvalue weighted by atomic mass is 32.2. The second-order valence-corrected chi connectivity index (χ2v) is 7.85. The van der Waals surface area contributed by atoms with Gasteiger partial charge in [-0.05, 0) is 24.1 Å². The maximum absolute atomic E-state index is 12.0. The van der Waals surface area contributed by atoms with Crippen molar-refractivity contribution in [1.82, 2.24) is 25.5 Å². The Bertz CT molecular complexity index is 830. The average Bonchev–Trinajstić information content (AvgIpc) is 3.06. The van der Waals surface area contributed by atoms with Crippen LogP contribution in [0.4, 0.5) is 0 Å². The molecule has 1 fully saturated rings. The third-order valence-electron chi connectivity index (χ3n) is 3.72. The fourth-order valence-corrected chi connectivity index (χ4v) is 4.23. The number of hydrogen-bond acceptors (Lipinski definition) is 6. The molecule has 1 atom stereocenters. The molecule has 1 saturated heterocycles. The first-order valence-corrected chi connectivity index (χ1v) is 9.09. The molecule has 9 heteroatoms. The molecule has 1 aliphatic heterocycles. The fraction of sp³-hybridized carbons (Fsp3) is 0.429. The van der Waals surface area contributed by atoms with Crippen LogP contribution in [0.15, 0.2) is 24.3 Å². The van der Waals surface area contributed by atoms with E-state index in [0.717, 1.165) is 11.1 Å². The summed E-state index contributed by atoms with van der Waals surface area (Å²) in [5.74, 6) is 0.259. The maximum Gasteiger partial charge on any atom is 0.243 e. The molecule has 0 bridgehead atoms. The highest BCUT2D eigenvalue weighted by Crippen LogP contribution is 2.17. The van der Waals surface area contributed by atoms with Crippen LogP contribution >= 0.6 is 0 Å². The molecule has 0 unspecified atom stereocenters. The molecule has 0 aliphatic carbocycles. The topological polar surface area (TPSA) is 107 Å². The molecule has 1 aliphatic rings. The standard InChI is InChI=1S/C14H17N5O3S/c1-10-4-2-3-5-12(10)14-16-18-19(17-14)8-13(20)15-11-6-7-23(21,22)9-11/h2-5,11H,6-9H2,1H3,(H,15,20)/t11-/m1/s1. The highest BCUT2D eigenvalue weighted by Gasteiger charge is 2.29. The number of amides is 1. The normalized spacial score (nSPS) is 19.6. The lowest BCUT2D eigenvalue weighted by atomic mass is 10.1. The number of carbonyl (C=O) groups is 1. The van der Waals surface area contributed by atoms with E-state index in [1.54, 1.807) is 0 Å². The van der Waals surface area contributed by atoms with E-state index in [2.05, 4.69) is 20.7 Å². The molecule has 3 rings (SSSR count). The molecule has 1 N–H and O–H groups in total. The highest BCUT2D eigenvalue weighted by molar-refractivity contribution is 7.91. The third kappa shape index (κ3) is 3.73. The molecule has 1 aromatic carbocycles. The number of aromatic nitrogens is 4. The monoisotopic (exact) mass is 335 g/mol. The van der Waals surface area contributed by atoms with Crippen molar-refractivity contribution in [2.24, 2.45) is 0 Å². The van der Waals surface area contributed by atoms with Gasteiger partial charge in [0.1, 0.15) is 6.54 Å². The summed E-state index contributed by atoms with van der Waals surface area (Å²) in [5, 5.41) is 14.7. The Morgan fingerprint density at radius 2 is 2.17 bits per heavy atom. The summed E-state index contributed by atoms with van der Waals surface area (Å²) >= 11 is 0. The van der Waals surface area contributed by atoms with Crippen LogP contribution in [0, 0.1) is 6.92 Å². The van der Waals surface area contributed by atoms with Gasteiger partial charge in [-0.3, -0.25) is 4.79 Å². The number of hydrogen-bond donors (Lipinski definition) is 1. The van der Waals surface area contributed by atoms with Crippen molar-refractivity contribution in [3.05, 3.63) is 29.8 Å². The molecular weight excluding hydrogens is 318 g/mol. The number of tetrazole rings is 1. The van der Waals surface area contributed by atoms with Crippen molar-refractivity contribution in [3.63, 3.8) is 0 Å². The van der Waals surface area contributed by atoms with Crippen LogP contribution in [0.5, 0.6) is 0 Å². The van der Waals surface area contributed by atoms with Crippen molar-refractivity contribution >= 4 is 15.7 Å². The Balaban J connectivity index is 1.63. The van der Waals surface area contributed by atoms with E-state index in [1.165, 1.54) is 4.80 Å². The van der Waals surface area contributed by atoms with Crippen LogP contribution in [-0.4, -0.2) is 52.1 Å². The van der Waals surface area contributed by atoms with Gasteiger partial charge >= 0.3 is 0 Å². The number of nitrogens with one attached hydrogen (secondary N) is 1. The SMILES string of the molecule is Cc1ccccc1-c1nnn(CC(=O)N[C@@H]2CCS(=O)(=O)C2)n1. The number of aryl methyl sites for hydroxylation is 1. The second-order valence-electron chi connectivity index (χ2n) is 5.63. The quantitative estimate of drug-likeness (QED) is 0.839. The van der Waals surface area contributed by atoms with Crippen molar-refractivity contribution in [3.8, 4) is 11.4 Å². The van der Waals surface area contributed by atoms with E-state index in [0.29, 0.717) is 12.2 Å². The minimum absolute atomic E-state index is 0.00200. The van der Waals surface area contributed by atoms with Crippen molar-refractivity contribution < 1.29 is 13.2 Å². The largest absolute Gasteiger partial charge is 0.351 e. The van der Waals surface area contributed by atoms with Gasteiger partial charge in [0.05, 0.1) is 11.5 Å². The van der Waals surface area contributed by atoms with Gasteiger partial charge in [-0.2, -0.15) is 4.80 Å². The fourth-order valence-electron chi connectivity index (χ4n) is 2.55. The summed E-state index contributed by atoms with van der Waals surface area (Å²) in [7, 11) is -3.02. The van der Waals surface area contributed by atoms with Gasteiger partial charge in [0.15, 0.2) is 9.84 Å². The molecule has 122 valence electrons. The first-order valence-electron chi connectivity index (χ1n) is 7.26. The Morgan fingerprint density at radius 1 is 1.39 bits per heavy atom. The molecule has 2 heterocycles. The molecule has 1 aromatic heterocycles. The van der Waals surface area contributed by atoms with Crippen LogP contribution in [0.25, 0.3) is 11.4 Å².